The minimum Gasteiger partial charge on any atom is -0.330 e. The largest absolute Gasteiger partial charge is 0.330 e. The highest BCUT2D eigenvalue weighted by Gasteiger charge is 2.11. The quantitative estimate of drug-likeness (QED) is 0.723. The molecule has 0 aromatic carbocycles. The fourth-order valence-electron chi connectivity index (χ4n) is 1.15. The van der Waals surface area contributed by atoms with Crippen molar-refractivity contribution in [3.8, 4) is 0 Å². The number of nitrogens with zero attached hydrogens (tertiary/aromatic N) is 4. The number of aryl methyl sites for hydroxylation is 1. The monoisotopic (exact) mass is 183 g/mol. The van der Waals surface area contributed by atoms with Crippen LogP contribution in [0.25, 0.3) is 0 Å². The Morgan fingerprint density at radius 2 is 2.31 bits per heavy atom. The van der Waals surface area contributed by atoms with Gasteiger partial charge in [0.1, 0.15) is 0 Å². The lowest BCUT2D eigenvalue weighted by atomic mass is 10.1. The van der Waals surface area contributed by atoms with Crippen LogP contribution in [-0.4, -0.2) is 26.8 Å². The maximum absolute atomic E-state index is 5.42. The number of nitrogens with two attached hydrogens (primary N) is 1. The second-order valence-electron chi connectivity index (χ2n) is 3.21. The molecule has 1 heterocycles. The summed E-state index contributed by atoms with van der Waals surface area (Å²) >= 11 is 0. The maximum Gasteiger partial charge on any atom is 0.154 e. The summed E-state index contributed by atoms with van der Waals surface area (Å²) in [7, 11) is 0. The molecule has 0 radical (unpaired) electrons. The summed E-state index contributed by atoms with van der Waals surface area (Å²) in [6, 6.07) is 0. The van der Waals surface area contributed by atoms with Crippen LogP contribution in [-0.2, 0) is 6.54 Å². The predicted octanol–water partition coefficient (Wildman–Crippen LogP) is 0.535. The van der Waals surface area contributed by atoms with Crippen LogP contribution < -0.4 is 5.73 Å². The SMILES string of the molecule is CCC(C)c1nnnn1CCCN. The molecule has 0 fully saturated rings. The van der Waals surface area contributed by atoms with Gasteiger partial charge in [0, 0.05) is 12.5 Å². The third-order valence-electron chi connectivity index (χ3n) is 2.19. The van der Waals surface area contributed by atoms with Gasteiger partial charge in [0.2, 0.25) is 0 Å². The summed E-state index contributed by atoms with van der Waals surface area (Å²) in [6.45, 7) is 5.76. The van der Waals surface area contributed by atoms with Crippen LogP contribution in [0.4, 0.5) is 0 Å². The van der Waals surface area contributed by atoms with Crippen molar-refractivity contribution in [3.05, 3.63) is 5.82 Å². The van der Waals surface area contributed by atoms with Crippen molar-refractivity contribution in [1.82, 2.24) is 20.2 Å². The van der Waals surface area contributed by atoms with Gasteiger partial charge in [-0.2, -0.15) is 0 Å². The first kappa shape index (κ1) is 10.1. The van der Waals surface area contributed by atoms with Gasteiger partial charge in [-0.3, -0.25) is 0 Å². The molecule has 74 valence electrons. The Hall–Kier alpha value is -0.970. The summed E-state index contributed by atoms with van der Waals surface area (Å²) < 4.78 is 1.85. The number of hydrogen-bond acceptors (Lipinski definition) is 4. The van der Waals surface area contributed by atoms with E-state index in [4.69, 9.17) is 5.73 Å². The van der Waals surface area contributed by atoms with Gasteiger partial charge in [0.05, 0.1) is 0 Å². The smallest absolute Gasteiger partial charge is 0.154 e. The van der Waals surface area contributed by atoms with E-state index in [1.807, 2.05) is 4.68 Å². The van der Waals surface area contributed by atoms with Crippen LogP contribution >= 0.6 is 0 Å². The first-order valence-electron chi connectivity index (χ1n) is 4.75. The fourth-order valence-corrected chi connectivity index (χ4v) is 1.15. The van der Waals surface area contributed by atoms with Crippen LogP contribution in [0.5, 0.6) is 0 Å². The van der Waals surface area contributed by atoms with Crippen molar-refractivity contribution in [3.63, 3.8) is 0 Å². The van der Waals surface area contributed by atoms with E-state index in [1.165, 1.54) is 0 Å². The third-order valence-corrected chi connectivity index (χ3v) is 2.19. The molecule has 0 saturated carbocycles. The zero-order chi connectivity index (χ0) is 9.68. The number of hydrogen-bond donors (Lipinski definition) is 1. The van der Waals surface area contributed by atoms with E-state index in [2.05, 4.69) is 29.4 Å². The lowest BCUT2D eigenvalue weighted by Crippen LogP contribution is -2.11. The van der Waals surface area contributed by atoms with E-state index < -0.39 is 0 Å². The normalized spacial score (nSPS) is 13.2. The highest BCUT2D eigenvalue weighted by Crippen LogP contribution is 2.14. The highest BCUT2D eigenvalue weighted by molar-refractivity contribution is 4.89. The molecule has 1 atom stereocenters. The summed E-state index contributed by atoms with van der Waals surface area (Å²) in [6.07, 6.45) is 1.98. The molecule has 1 aromatic rings. The molecule has 2 N–H and O–H groups in total. The molecule has 0 spiro atoms. The second kappa shape index (κ2) is 4.91. The third kappa shape index (κ3) is 2.48. The van der Waals surface area contributed by atoms with Gasteiger partial charge in [0.15, 0.2) is 5.82 Å². The average Bonchev–Trinajstić information content (AvgIpc) is 2.61. The van der Waals surface area contributed by atoms with E-state index in [9.17, 15) is 0 Å². The predicted molar refractivity (Wildman–Crippen MR) is 50.2 cm³/mol. The van der Waals surface area contributed by atoms with Gasteiger partial charge >= 0.3 is 0 Å². The first-order valence-corrected chi connectivity index (χ1v) is 4.75. The van der Waals surface area contributed by atoms with Gasteiger partial charge in [-0.25, -0.2) is 4.68 Å². The van der Waals surface area contributed by atoms with Crippen molar-refractivity contribution >= 4 is 0 Å². The van der Waals surface area contributed by atoms with Crippen LogP contribution in [0.2, 0.25) is 0 Å². The summed E-state index contributed by atoms with van der Waals surface area (Å²) in [5, 5.41) is 11.6. The summed E-state index contributed by atoms with van der Waals surface area (Å²) in [5.41, 5.74) is 5.42. The Kier molecular flexibility index (Phi) is 3.82. The van der Waals surface area contributed by atoms with E-state index in [-0.39, 0.29) is 0 Å². The topological polar surface area (TPSA) is 69.6 Å². The minimum absolute atomic E-state index is 0.424. The molecule has 0 saturated heterocycles. The first-order chi connectivity index (χ1) is 6.29. The van der Waals surface area contributed by atoms with Crippen LogP contribution in [0, 0.1) is 0 Å². The minimum atomic E-state index is 0.424. The fraction of sp³-hybridized carbons (Fsp3) is 0.875. The Bertz CT molecular complexity index is 244. The average molecular weight is 183 g/mol. The van der Waals surface area contributed by atoms with Crippen molar-refractivity contribution in [1.29, 1.82) is 0 Å². The molecule has 1 unspecified atom stereocenters. The molecule has 0 bridgehead atoms. The molecule has 1 rings (SSSR count). The van der Waals surface area contributed by atoms with Crippen molar-refractivity contribution in [2.45, 2.75) is 39.2 Å². The second-order valence-corrected chi connectivity index (χ2v) is 3.21. The van der Waals surface area contributed by atoms with Gasteiger partial charge < -0.3 is 5.73 Å². The van der Waals surface area contributed by atoms with Crippen molar-refractivity contribution in [2.75, 3.05) is 6.54 Å². The lowest BCUT2D eigenvalue weighted by molar-refractivity contribution is 0.517. The molecule has 1 aromatic heterocycles. The molecular formula is C8H17N5. The Morgan fingerprint density at radius 3 is 2.92 bits per heavy atom. The summed E-state index contributed by atoms with van der Waals surface area (Å²) in [5.74, 6) is 1.39. The van der Waals surface area contributed by atoms with E-state index in [0.29, 0.717) is 12.5 Å². The number of aromatic nitrogens is 4. The molecule has 0 aliphatic rings. The van der Waals surface area contributed by atoms with Gasteiger partial charge in [-0.1, -0.05) is 13.8 Å². The molecular weight excluding hydrogens is 166 g/mol. The standard InChI is InChI=1S/C8H17N5/c1-3-7(2)8-10-11-12-13(8)6-4-5-9/h7H,3-6,9H2,1-2H3. The van der Waals surface area contributed by atoms with E-state index in [1.54, 1.807) is 0 Å². The Balaban J connectivity index is 2.65. The summed E-state index contributed by atoms with van der Waals surface area (Å²) in [4.78, 5) is 0. The lowest BCUT2D eigenvalue weighted by Gasteiger charge is -2.07. The highest BCUT2D eigenvalue weighted by atomic mass is 15.5. The zero-order valence-corrected chi connectivity index (χ0v) is 8.27. The van der Waals surface area contributed by atoms with E-state index in [0.717, 1.165) is 25.2 Å². The molecule has 0 amide bonds. The van der Waals surface area contributed by atoms with Crippen LogP contribution in [0.1, 0.15) is 38.4 Å². The van der Waals surface area contributed by atoms with Crippen molar-refractivity contribution in [2.24, 2.45) is 5.73 Å². The van der Waals surface area contributed by atoms with Crippen LogP contribution in [0.15, 0.2) is 0 Å². The Labute approximate surface area is 78.3 Å². The molecule has 0 aliphatic heterocycles. The maximum atomic E-state index is 5.42. The van der Waals surface area contributed by atoms with Gasteiger partial charge in [-0.05, 0) is 29.8 Å². The van der Waals surface area contributed by atoms with Gasteiger partial charge in [0.25, 0.3) is 0 Å². The molecule has 13 heavy (non-hydrogen) atoms. The van der Waals surface area contributed by atoms with E-state index >= 15 is 0 Å². The molecule has 5 heteroatoms. The number of tetrazole rings is 1. The van der Waals surface area contributed by atoms with Crippen LogP contribution in [0.3, 0.4) is 0 Å². The number of rotatable bonds is 5. The van der Waals surface area contributed by atoms with Crippen molar-refractivity contribution < 1.29 is 0 Å². The van der Waals surface area contributed by atoms with Gasteiger partial charge in [-0.15, -0.1) is 5.10 Å². The molecule has 0 aliphatic carbocycles. The zero-order valence-electron chi connectivity index (χ0n) is 8.27. The Morgan fingerprint density at radius 1 is 1.54 bits per heavy atom. The molecule has 5 nitrogen and oxygen atoms in total.